The van der Waals surface area contributed by atoms with Crippen molar-refractivity contribution in [1.29, 1.82) is 0 Å². The third kappa shape index (κ3) is 1.22. The molecule has 0 unspecified atom stereocenters. The van der Waals surface area contributed by atoms with Gasteiger partial charge in [0.05, 0.1) is 17.7 Å². The number of anilines is 1. The highest BCUT2D eigenvalue weighted by Crippen LogP contribution is 2.19. The molecule has 0 amide bonds. The summed E-state index contributed by atoms with van der Waals surface area (Å²) in [6, 6.07) is 4.45. The number of halogens is 1. The SMILES string of the molecule is CNc1nc2ccc(F)cc2n1CN. The van der Waals surface area contributed by atoms with E-state index in [0.29, 0.717) is 11.5 Å². The van der Waals surface area contributed by atoms with Crippen LogP contribution in [0.15, 0.2) is 18.2 Å². The maximum Gasteiger partial charge on any atom is 0.204 e. The second kappa shape index (κ2) is 3.26. The number of fused-ring (bicyclic) bond motifs is 1. The van der Waals surface area contributed by atoms with Crippen LogP contribution < -0.4 is 11.1 Å². The molecule has 74 valence electrons. The van der Waals surface area contributed by atoms with Crippen molar-refractivity contribution >= 4 is 17.0 Å². The van der Waals surface area contributed by atoms with Crippen molar-refractivity contribution < 1.29 is 4.39 Å². The first-order valence-electron chi connectivity index (χ1n) is 4.30. The lowest BCUT2D eigenvalue weighted by atomic mass is 10.3. The lowest BCUT2D eigenvalue weighted by Gasteiger charge is -2.03. The Balaban J connectivity index is 2.74. The van der Waals surface area contributed by atoms with Crippen LogP contribution in [0, 0.1) is 5.82 Å². The fourth-order valence-electron chi connectivity index (χ4n) is 1.47. The third-order valence-corrected chi connectivity index (χ3v) is 2.12. The van der Waals surface area contributed by atoms with Gasteiger partial charge in [-0.2, -0.15) is 0 Å². The summed E-state index contributed by atoms with van der Waals surface area (Å²) in [5.41, 5.74) is 6.99. The van der Waals surface area contributed by atoms with Crippen LogP contribution in [0.2, 0.25) is 0 Å². The molecular weight excluding hydrogens is 183 g/mol. The Kier molecular flexibility index (Phi) is 2.09. The first-order chi connectivity index (χ1) is 6.76. The highest BCUT2D eigenvalue weighted by molar-refractivity contribution is 5.78. The Hall–Kier alpha value is -1.62. The summed E-state index contributed by atoms with van der Waals surface area (Å²) in [6.45, 7) is 0.274. The molecule has 4 nitrogen and oxygen atoms in total. The minimum Gasteiger partial charge on any atom is -0.359 e. The monoisotopic (exact) mass is 194 g/mol. The first kappa shape index (κ1) is 8.96. The quantitative estimate of drug-likeness (QED) is 0.753. The smallest absolute Gasteiger partial charge is 0.204 e. The molecule has 0 aliphatic rings. The van der Waals surface area contributed by atoms with Crippen molar-refractivity contribution in [2.75, 3.05) is 12.4 Å². The number of nitrogens with two attached hydrogens (primary N) is 1. The molecule has 1 aromatic carbocycles. The van der Waals surface area contributed by atoms with E-state index in [9.17, 15) is 4.39 Å². The number of aromatic nitrogens is 2. The second-order valence-electron chi connectivity index (χ2n) is 2.93. The van der Waals surface area contributed by atoms with Crippen LogP contribution in [-0.2, 0) is 6.67 Å². The summed E-state index contributed by atoms with van der Waals surface area (Å²) in [4.78, 5) is 4.25. The molecule has 1 heterocycles. The van der Waals surface area contributed by atoms with E-state index in [1.807, 2.05) is 0 Å². The Morgan fingerprint density at radius 3 is 3.00 bits per heavy atom. The van der Waals surface area contributed by atoms with Crippen molar-refractivity contribution in [1.82, 2.24) is 9.55 Å². The van der Waals surface area contributed by atoms with Gasteiger partial charge < -0.3 is 11.1 Å². The summed E-state index contributed by atoms with van der Waals surface area (Å²) < 4.78 is 14.7. The van der Waals surface area contributed by atoms with Gasteiger partial charge in [-0.05, 0) is 18.2 Å². The van der Waals surface area contributed by atoms with E-state index in [4.69, 9.17) is 5.73 Å². The Morgan fingerprint density at radius 1 is 1.57 bits per heavy atom. The molecule has 2 aromatic rings. The zero-order chi connectivity index (χ0) is 10.1. The number of hydrogen-bond donors (Lipinski definition) is 2. The Morgan fingerprint density at radius 2 is 2.36 bits per heavy atom. The van der Waals surface area contributed by atoms with Gasteiger partial charge in [0.2, 0.25) is 5.95 Å². The Bertz CT molecular complexity index is 463. The molecule has 0 saturated carbocycles. The fraction of sp³-hybridized carbons (Fsp3) is 0.222. The molecule has 2 rings (SSSR count). The molecule has 0 saturated heterocycles. The van der Waals surface area contributed by atoms with Crippen molar-refractivity contribution in [2.24, 2.45) is 5.73 Å². The molecule has 0 radical (unpaired) electrons. The van der Waals surface area contributed by atoms with Gasteiger partial charge in [-0.25, -0.2) is 9.37 Å². The molecule has 5 heteroatoms. The van der Waals surface area contributed by atoms with Gasteiger partial charge in [0.25, 0.3) is 0 Å². The summed E-state index contributed by atoms with van der Waals surface area (Å²) in [7, 11) is 1.75. The molecule has 14 heavy (non-hydrogen) atoms. The lowest BCUT2D eigenvalue weighted by molar-refractivity contribution is 0.628. The summed E-state index contributed by atoms with van der Waals surface area (Å²) >= 11 is 0. The normalized spacial score (nSPS) is 10.8. The van der Waals surface area contributed by atoms with Gasteiger partial charge in [-0.15, -0.1) is 0 Å². The topological polar surface area (TPSA) is 55.9 Å². The predicted molar refractivity (Wildman–Crippen MR) is 53.4 cm³/mol. The molecule has 0 atom stereocenters. The summed E-state index contributed by atoms with van der Waals surface area (Å²) in [5.74, 6) is 0.364. The molecule has 0 aliphatic heterocycles. The van der Waals surface area contributed by atoms with Crippen LogP contribution in [0.5, 0.6) is 0 Å². The number of nitrogens with zero attached hydrogens (tertiary/aromatic N) is 2. The van der Waals surface area contributed by atoms with E-state index in [0.717, 1.165) is 5.52 Å². The van der Waals surface area contributed by atoms with E-state index in [-0.39, 0.29) is 12.5 Å². The number of benzene rings is 1. The van der Waals surface area contributed by atoms with Crippen LogP contribution in [0.1, 0.15) is 0 Å². The van der Waals surface area contributed by atoms with Crippen molar-refractivity contribution in [3.63, 3.8) is 0 Å². The van der Waals surface area contributed by atoms with E-state index in [1.54, 1.807) is 17.7 Å². The van der Waals surface area contributed by atoms with Gasteiger partial charge >= 0.3 is 0 Å². The summed E-state index contributed by atoms with van der Waals surface area (Å²) in [6.07, 6.45) is 0. The van der Waals surface area contributed by atoms with Gasteiger partial charge in [-0.3, -0.25) is 4.57 Å². The van der Waals surface area contributed by atoms with Gasteiger partial charge in [0.1, 0.15) is 5.82 Å². The van der Waals surface area contributed by atoms with Crippen LogP contribution in [0.3, 0.4) is 0 Å². The van der Waals surface area contributed by atoms with E-state index in [1.165, 1.54) is 12.1 Å². The van der Waals surface area contributed by atoms with Crippen molar-refractivity contribution in [2.45, 2.75) is 6.67 Å². The average Bonchev–Trinajstić information content (AvgIpc) is 2.54. The van der Waals surface area contributed by atoms with Gasteiger partial charge in [0.15, 0.2) is 0 Å². The maximum atomic E-state index is 13.0. The number of hydrogen-bond acceptors (Lipinski definition) is 3. The van der Waals surface area contributed by atoms with Crippen LogP contribution >= 0.6 is 0 Å². The molecule has 3 N–H and O–H groups in total. The fourth-order valence-corrected chi connectivity index (χ4v) is 1.47. The van der Waals surface area contributed by atoms with Crippen LogP contribution in [0.4, 0.5) is 10.3 Å². The van der Waals surface area contributed by atoms with E-state index >= 15 is 0 Å². The number of rotatable bonds is 2. The standard InChI is InChI=1S/C9H11FN4/c1-12-9-13-7-3-2-6(10)4-8(7)14(9)5-11/h2-4H,5,11H2,1H3,(H,12,13). The average molecular weight is 194 g/mol. The molecular formula is C9H11FN4. The summed E-state index contributed by atoms with van der Waals surface area (Å²) in [5, 5.41) is 2.90. The van der Waals surface area contributed by atoms with Gasteiger partial charge in [-0.1, -0.05) is 0 Å². The molecule has 0 spiro atoms. The van der Waals surface area contributed by atoms with Crippen molar-refractivity contribution in [3.05, 3.63) is 24.0 Å². The minimum atomic E-state index is -0.283. The van der Waals surface area contributed by atoms with E-state index in [2.05, 4.69) is 10.3 Å². The zero-order valence-electron chi connectivity index (χ0n) is 7.79. The zero-order valence-corrected chi connectivity index (χ0v) is 7.79. The van der Waals surface area contributed by atoms with Crippen LogP contribution in [0.25, 0.3) is 11.0 Å². The predicted octanol–water partition coefficient (Wildman–Crippen LogP) is 1.13. The van der Waals surface area contributed by atoms with E-state index < -0.39 is 0 Å². The third-order valence-electron chi connectivity index (χ3n) is 2.12. The van der Waals surface area contributed by atoms with Gasteiger partial charge in [0, 0.05) is 7.05 Å². The molecule has 0 fully saturated rings. The molecule has 0 aliphatic carbocycles. The minimum absolute atomic E-state index is 0.274. The van der Waals surface area contributed by atoms with Crippen molar-refractivity contribution in [3.8, 4) is 0 Å². The Labute approximate surface area is 80.5 Å². The first-order valence-corrected chi connectivity index (χ1v) is 4.30. The molecule has 1 aromatic heterocycles. The largest absolute Gasteiger partial charge is 0.359 e. The lowest BCUT2D eigenvalue weighted by Crippen LogP contribution is -2.10. The number of nitrogens with one attached hydrogen (secondary N) is 1. The molecule has 0 bridgehead atoms. The highest BCUT2D eigenvalue weighted by atomic mass is 19.1. The second-order valence-corrected chi connectivity index (χ2v) is 2.93. The maximum absolute atomic E-state index is 13.0. The number of imidazole rings is 1. The highest BCUT2D eigenvalue weighted by Gasteiger charge is 2.08. The van der Waals surface area contributed by atoms with Crippen LogP contribution in [-0.4, -0.2) is 16.6 Å².